The van der Waals surface area contributed by atoms with Crippen LogP contribution in [0, 0.1) is 0 Å². The number of rotatable bonds is 3. The van der Waals surface area contributed by atoms with Gasteiger partial charge in [-0.05, 0) is 19.1 Å². The number of nitrogen functional groups attached to an aromatic ring is 1. The fraction of sp³-hybridized carbons (Fsp3) is 0.182. The molecule has 1 aromatic heterocycles. The smallest absolute Gasteiger partial charge is 0.128 e. The first-order valence-electron chi connectivity index (χ1n) is 4.98. The van der Waals surface area contributed by atoms with E-state index >= 15 is 0 Å². The van der Waals surface area contributed by atoms with Crippen LogP contribution >= 0.6 is 11.6 Å². The third kappa shape index (κ3) is 2.12. The first-order valence-corrected chi connectivity index (χ1v) is 5.36. The minimum Gasteiger partial charge on any atom is -0.396 e. The lowest BCUT2D eigenvalue weighted by Crippen LogP contribution is -2.09. The zero-order valence-electron chi connectivity index (χ0n) is 8.87. The number of hydrogen-bond donors (Lipinski definition) is 3. The Hall–Kier alpha value is -1.68. The molecule has 0 aliphatic carbocycles. The maximum Gasteiger partial charge on any atom is 0.128 e. The van der Waals surface area contributed by atoms with Gasteiger partial charge in [0.25, 0.3) is 0 Å². The quantitative estimate of drug-likeness (QED) is 0.718. The minimum absolute atomic E-state index is 0.0516. The molecule has 0 aliphatic heterocycles. The van der Waals surface area contributed by atoms with Gasteiger partial charge in [-0.25, -0.2) is 4.98 Å². The summed E-state index contributed by atoms with van der Waals surface area (Å²) >= 11 is 5.93. The number of imidazole rings is 1. The maximum absolute atomic E-state index is 5.93. The van der Waals surface area contributed by atoms with Crippen molar-refractivity contribution >= 4 is 23.0 Å². The van der Waals surface area contributed by atoms with Gasteiger partial charge in [0.05, 0.1) is 22.4 Å². The molecular formula is C11H13ClN4. The van der Waals surface area contributed by atoms with Crippen molar-refractivity contribution in [2.75, 3.05) is 11.1 Å². The minimum atomic E-state index is 0.0516. The summed E-state index contributed by atoms with van der Waals surface area (Å²) in [7, 11) is 0. The number of para-hydroxylation sites is 1. The van der Waals surface area contributed by atoms with E-state index in [1.54, 1.807) is 18.5 Å². The van der Waals surface area contributed by atoms with Gasteiger partial charge in [-0.3, -0.25) is 0 Å². The first kappa shape index (κ1) is 10.8. The van der Waals surface area contributed by atoms with E-state index < -0.39 is 0 Å². The Labute approximate surface area is 98.8 Å². The number of benzene rings is 1. The van der Waals surface area contributed by atoms with Gasteiger partial charge in [-0.1, -0.05) is 17.7 Å². The number of halogens is 1. The van der Waals surface area contributed by atoms with Crippen molar-refractivity contribution in [2.45, 2.75) is 13.0 Å². The molecule has 0 saturated heterocycles. The van der Waals surface area contributed by atoms with Crippen molar-refractivity contribution in [3.05, 3.63) is 41.4 Å². The molecule has 4 nitrogen and oxygen atoms in total. The van der Waals surface area contributed by atoms with Crippen LogP contribution in [0.4, 0.5) is 11.4 Å². The zero-order valence-corrected chi connectivity index (χ0v) is 9.62. The van der Waals surface area contributed by atoms with Crippen molar-refractivity contribution in [1.29, 1.82) is 0 Å². The summed E-state index contributed by atoms with van der Waals surface area (Å²) in [5.41, 5.74) is 7.23. The van der Waals surface area contributed by atoms with Gasteiger partial charge in [-0.15, -0.1) is 0 Å². The largest absolute Gasteiger partial charge is 0.396 e. The van der Waals surface area contributed by atoms with E-state index in [9.17, 15) is 0 Å². The molecule has 4 N–H and O–H groups in total. The Morgan fingerprint density at radius 3 is 3.00 bits per heavy atom. The monoisotopic (exact) mass is 236 g/mol. The summed E-state index contributed by atoms with van der Waals surface area (Å²) in [5, 5.41) is 3.80. The molecule has 5 heteroatoms. The molecule has 1 heterocycles. The average Bonchev–Trinajstić information content (AvgIpc) is 2.78. The molecule has 0 fully saturated rings. The number of nitrogens with zero attached hydrogens (tertiary/aromatic N) is 1. The van der Waals surface area contributed by atoms with Crippen molar-refractivity contribution in [1.82, 2.24) is 9.97 Å². The molecule has 1 unspecified atom stereocenters. The molecule has 0 aliphatic rings. The molecular weight excluding hydrogens is 224 g/mol. The molecule has 0 spiro atoms. The van der Waals surface area contributed by atoms with Crippen molar-refractivity contribution in [3.8, 4) is 0 Å². The standard InChI is InChI=1S/C11H13ClN4/c1-7(11-14-5-6-15-11)16-9-4-2-3-8(12)10(9)13/h2-7,16H,13H2,1H3,(H,14,15). The van der Waals surface area contributed by atoms with E-state index in [0.29, 0.717) is 10.7 Å². The number of nitrogens with one attached hydrogen (secondary N) is 2. The van der Waals surface area contributed by atoms with Gasteiger partial charge < -0.3 is 16.0 Å². The van der Waals surface area contributed by atoms with Crippen LogP contribution in [0.3, 0.4) is 0 Å². The summed E-state index contributed by atoms with van der Waals surface area (Å²) in [5.74, 6) is 0.861. The molecule has 0 bridgehead atoms. The number of aromatic amines is 1. The number of nitrogens with two attached hydrogens (primary N) is 1. The lowest BCUT2D eigenvalue weighted by atomic mass is 10.2. The molecule has 1 atom stereocenters. The Morgan fingerprint density at radius 1 is 1.50 bits per heavy atom. The van der Waals surface area contributed by atoms with Crippen molar-refractivity contribution < 1.29 is 0 Å². The van der Waals surface area contributed by atoms with Gasteiger partial charge in [0.2, 0.25) is 0 Å². The molecule has 1 aromatic carbocycles. The highest BCUT2D eigenvalue weighted by Crippen LogP contribution is 2.29. The topological polar surface area (TPSA) is 66.7 Å². The fourth-order valence-electron chi connectivity index (χ4n) is 1.48. The predicted octanol–water partition coefficient (Wildman–Crippen LogP) is 2.82. The van der Waals surface area contributed by atoms with Gasteiger partial charge in [0.15, 0.2) is 0 Å². The third-order valence-corrected chi connectivity index (χ3v) is 2.68. The average molecular weight is 237 g/mol. The highest BCUT2D eigenvalue weighted by molar-refractivity contribution is 6.33. The van der Waals surface area contributed by atoms with Gasteiger partial charge >= 0.3 is 0 Å². The van der Waals surface area contributed by atoms with Gasteiger partial charge in [0, 0.05) is 12.4 Å². The second kappa shape index (κ2) is 4.45. The Kier molecular flexibility index (Phi) is 3.01. The lowest BCUT2D eigenvalue weighted by molar-refractivity contribution is 0.811. The summed E-state index contributed by atoms with van der Waals surface area (Å²) < 4.78 is 0. The van der Waals surface area contributed by atoms with Crippen LogP contribution in [0.15, 0.2) is 30.6 Å². The number of aromatic nitrogens is 2. The third-order valence-electron chi connectivity index (χ3n) is 2.35. The highest BCUT2D eigenvalue weighted by atomic mass is 35.5. The first-order chi connectivity index (χ1) is 7.68. The number of hydrogen-bond acceptors (Lipinski definition) is 3. The van der Waals surface area contributed by atoms with Crippen LogP contribution in [-0.4, -0.2) is 9.97 Å². The van der Waals surface area contributed by atoms with Crippen LogP contribution in [0.1, 0.15) is 18.8 Å². The van der Waals surface area contributed by atoms with Gasteiger partial charge in [-0.2, -0.15) is 0 Å². The number of H-pyrrole nitrogens is 1. The summed E-state index contributed by atoms with van der Waals surface area (Å²) in [6, 6.07) is 5.56. The van der Waals surface area contributed by atoms with Crippen LogP contribution in [0.5, 0.6) is 0 Å². The zero-order chi connectivity index (χ0) is 11.5. The molecule has 2 rings (SSSR count). The van der Waals surface area contributed by atoms with E-state index in [1.807, 2.05) is 19.1 Å². The summed E-state index contributed by atoms with van der Waals surface area (Å²) in [4.78, 5) is 7.22. The van der Waals surface area contributed by atoms with Gasteiger partial charge in [0.1, 0.15) is 5.82 Å². The predicted molar refractivity (Wildman–Crippen MR) is 66.5 cm³/mol. The Bertz CT molecular complexity index is 467. The summed E-state index contributed by atoms with van der Waals surface area (Å²) in [6.07, 6.45) is 3.50. The van der Waals surface area contributed by atoms with E-state index in [1.165, 1.54) is 0 Å². The summed E-state index contributed by atoms with van der Waals surface area (Å²) in [6.45, 7) is 2.00. The fourth-order valence-corrected chi connectivity index (χ4v) is 1.65. The molecule has 84 valence electrons. The van der Waals surface area contributed by atoms with Crippen LogP contribution in [0.2, 0.25) is 5.02 Å². The second-order valence-electron chi connectivity index (χ2n) is 3.54. The molecule has 0 radical (unpaired) electrons. The van der Waals surface area contributed by atoms with Crippen LogP contribution < -0.4 is 11.1 Å². The number of anilines is 2. The Morgan fingerprint density at radius 2 is 2.31 bits per heavy atom. The molecule has 2 aromatic rings. The second-order valence-corrected chi connectivity index (χ2v) is 3.95. The normalized spacial score (nSPS) is 12.4. The SMILES string of the molecule is CC(Nc1cccc(Cl)c1N)c1ncc[nH]1. The van der Waals surface area contributed by atoms with E-state index in [4.69, 9.17) is 17.3 Å². The van der Waals surface area contributed by atoms with Crippen LogP contribution in [0.25, 0.3) is 0 Å². The van der Waals surface area contributed by atoms with Crippen molar-refractivity contribution in [2.24, 2.45) is 0 Å². The van der Waals surface area contributed by atoms with Crippen molar-refractivity contribution in [3.63, 3.8) is 0 Å². The highest BCUT2D eigenvalue weighted by Gasteiger charge is 2.09. The van der Waals surface area contributed by atoms with E-state index in [0.717, 1.165) is 11.5 Å². The maximum atomic E-state index is 5.93. The lowest BCUT2D eigenvalue weighted by Gasteiger charge is -2.15. The molecule has 0 amide bonds. The Balaban J connectivity index is 2.18. The molecule has 16 heavy (non-hydrogen) atoms. The van der Waals surface area contributed by atoms with E-state index in [-0.39, 0.29) is 6.04 Å². The van der Waals surface area contributed by atoms with E-state index in [2.05, 4.69) is 15.3 Å². The molecule has 0 saturated carbocycles. The van der Waals surface area contributed by atoms with Crippen LogP contribution in [-0.2, 0) is 0 Å².